The Labute approximate surface area is 209 Å². The molecule has 4 aliphatic heterocycles. The normalized spacial score (nSPS) is 16.2. The number of nitrogens with two attached hydrogens (primary N) is 1. The molecule has 0 radical (unpaired) electrons. The fraction of sp³-hybridized carbons (Fsp3) is 0.455. The van der Waals surface area contributed by atoms with Gasteiger partial charge in [0.05, 0.1) is 6.33 Å². The van der Waals surface area contributed by atoms with Gasteiger partial charge >= 0.3 is 0 Å². The van der Waals surface area contributed by atoms with E-state index in [1.807, 2.05) is 16.7 Å². The maximum absolute atomic E-state index is 11.7. The Bertz CT molecular complexity index is 1170. The van der Waals surface area contributed by atoms with E-state index in [2.05, 4.69) is 25.9 Å². The number of aliphatic hydroxyl groups is 1. The number of hydrogen-bond donors (Lipinski definition) is 2. The van der Waals surface area contributed by atoms with E-state index < -0.39 is 6.61 Å². The van der Waals surface area contributed by atoms with E-state index in [0.717, 1.165) is 35.2 Å². The van der Waals surface area contributed by atoms with Crippen molar-refractivity contribution in [3.05, 3.63) is 22.9 Å². The first kappa shape index (κ1) is 23.2. The SMILES string of the molecule is Nc1ncn(CCC2CCN(C(=O)CO)CC2)c2nc(Sc3cc4c(cc3Br)OCCO4)nc1-2. The second kappa shape index (κ2) is 9.96. The fourth-order valence-electron chi connectivity index (χ4n) is 4.26. The van der Waals surface area contributed by atoms with Gasteiger partial charge in [-0.25, -0.2) is 15.0 Å². The summed E-state index contributed by atoms with van der Waals surface area (Å²) in [5, 5.41) is 9.63. The lowest BCUT2D eigenvalue weighted by atomic mass is 9.93. The summed E-state index contributed by atoms with van der Waals surface area (Å²) in [5.74, 6) is 2.77. The van der Waals surface area contributed by atoms with Crippen molar-refractivity contribution in [2.75, 3.05) is 38.6 Å². The van der Waals surface area contributed by atoms with Crippen LogP contribution in [0, 0.1) is 5.92 Å². The van der Waals surface area contributed by atoms with Gasteiger partial charge in [-0.2, -0.15) is 0 Å². The molecule has 0 unspecified atom stereocenters. The minimum Gasteiger partial charge on any atom is -0.486 e. The molecule has 180 valence electrons. The van der Waals surface area contributed by atoms with E-state index >= 15 is 0 Å². The molecule has 0 atom stereocenters. The Morgan fingerprint density at radius 1 is 1.21 bits per heavy atom. The standard InChI is InChI=1S/C22H25BrN6O4S/c23-14-9-15-16(33-8-7-32-15)10-17(14)34-22-26-19-20(24)25-12-29(21(19)27-22)6-3-13-1-4-28(5-2-13)18(31)11-30/h9-10,12-13,30H,1-8,11,24H2. The highest BCUT2D eigenvalue weighted by atomic mass is 79.9. The van der Waals surface area contributed by atoms with Gasteiger partial charge in [-0.05, 0) is 65.0 Å². The van der Waals surface area contributed by atoms with E-state index in [-0.39, 0.29) is 5.91 Å². The van der Waals surface area contributed by atoms with Crippen molar-refractivity contribution in [3.63, 3.8) is 0 Å². The summed E-state index contributed by atoms with van der Waals surface area (Å²) in [6, 6.07) is 3.82. The van der Waals surface area contributed by atoms with Gasteiger partial charge < -0.3 is 29.8 Å². The molecule has 34 heavy (non-hydrogen) atoms. The third-order valence-corrected chi connectivity index (χ3v) is 7.99. The number of nitrogens with zero attached hydrogens (tertiary/aromatic N) is 5. The molecule has 1 fully saturated rings. The number of piperidine rings is 1. The van der Waals surface area contributed by atoms with Crippen LogP contribution in [0.4, 0.5) is 5.82 Å². The highest BCUT2D eigenvalue weighted by Gasteiger charge is 2.24. The lowest BCUT2D eigenvalue weighted by Gasteiger charge is -2.31. The zero-order chi connectivity index (χ0) is 23.7. The summed E-state index contributed by atoms with van der Waals surface area (Å²) in [6.45, 7) is 2.74. The Kier molecular flexibility index (Phi) is 6.79. The Morgan fingerprint density at radius 3 is 2.68 bits per heavy atom. The number of aryl methyl sites for hydroxylation is 1. The average molecular weight is 549 g/mol. The topological polar surface area (TPSA) is 129 Å². The lowest BCUT2D eigenvalue weighted by Crippen LogP contribution is -2.40. The number of ether oxygens (including phenoxy) is 2. The Balaban J connectivity index is 1.30. The highest BCUT2D eigenvalue weighted by Crippen LogP contribution is 2.42. The van der Waals surface area contributed by atoms with Crippen LogP contribution in [0.1, 0.15) is 19.3 Å². The third-order valence-electron chi connectivity index (χ3n) is 6.15. The van der Waals surface area contributed by atoms with E-state index in [0.29, 0.717) is 66.2 Å². The number of imidazole rings is 1. The third kappa shape index (κ3) is 4.80. The fourth-order valence-corrected chi connectivity index (χ4v) is 5.61. The predicted octanol–water partition coefficient (Wildman–Crippen LogP) is 2.67. The van der Waals surface area contributed by atoms with Crippen LogP contribution in [0.5, 0.6) is 11.5 Å². The van der Waals surface area contributed by atoms with Crippen LogP contribution in [0.3, 0.4) is 0 Å². The largest absolute Gasteiger partial charge is 0.486 e. The number of halogens is 1. The van der Waals surface area contributed by atoms with Gasteiger partial charge in [-0.3, -0.25) is 4.79 Å². The van der Waals surface area contributed by atoms with E-state index in [4.69, 9.17) is 25.3 Å². The lowest BCUT2D eigenvalue weighted by molar-refractivity contribution is -0.135. The predicted molar refractivity (Wildman–Crippen MR) is 129 cm³/mol. The molecule has 1 aromatic carbocycles. The molecule has 0 aliphatic carbocycles. The van der Waals surface area contributed by atoms with Crippen molar-refractivity contribution in [1.29, 1.82) is 0 Å². The number of carbonyl (C=O) groups excluding carboxylic acids is 1. The Morgan fingerprint density at radius 2 is 1.94 bits per heavy atom. The number of aromatic nitrogens is 4. The first-order valence-corrected chi connectivity index (χ1v) is 12.8. The van der Waals surface area contributed by atoms with Crippen molar-refractivity contribution >= 4 is 39.4 Å². The van der Waals surface area contributed by atoms with Gasteiger partial charge in [0.2, 0.25) is 5.91 Å². The molecule has 10 nitrogen and oxygen atoms in total. The van der Waals surface area contributed by atoms with Crippen molar-refractivity contribution < 1.29 is 19.4 Å². The number of benzene rings is 1. The van der Waals surface area contributed by atoms with Crippen molar-refractivity contribution in [1.82, 2.24) is 24.4 Å². The number of rotatable bonds is 6. The smallest absolute Gasteiger partial charge is 0.248 e. The number of amides is 1. The number of fused-ring (bicyclic) bond motifs is 2. The molecule has 4 heterocycles. The second-order valence-corrected chi connectivity index (χ2v) is 10.2. The van der Waals surface area contributed by atoms with Crippen LogP contribution in [-0.2, 0) is 11.3 Å². The monoisotopic (exact) mass is 548 g/mol. The van der Waals surface area contributed by atoms with E-state index in [9.17, 15) is 4.79 Å². The van der Waals surface area contributed by atoms with Crippen LogP contribution in [-0.4, -0.2) is 68.3 Å². The molecular weight excluding hydrogens is 524 g/mol. The number of hydrogen-bond acceptors (Lipinski definition) is 9. The first-order valence-electron chi connectivity index (χ1n) is 11.2. The minimum absolute atomic E-state index is 0.195. The molecule has 0 aromatic heterocycles. The second-order valence-electron chi connectivity index (χ2n) is 8.30. The summed E-state index contributed by atoms with van der Waals surface area (Å²) in [7, 11) is 0. The molecular formula is C22H25BrN6O4S. The van der Waals surface area contributed by atoms with Gasteiger partial charge in [0.25, 0.3) is 0 Å². The number of anilines is 1. The molecule has 0 spiro atoms. The number of carbonyl (C=O) groups is 1. The number of likely N-dealkylation sites (tertiary alicyclic amines) is 1. The molecule has 4 aliphatic rings. The van der Waals surface area contributed by atoms with Crippen LogP contribution < -0.4 is 15.2 Å². The van der Waals surface area contributed by atoms with Gasteiger partial charge in [-0.1, -0.05) is 0 Å². The Hall–Kier alpha value is -2.57. The maximum Gasteiger partial charge on any atom is 0.248 e. The van der Waals surface area contributed by atoms with Crippen LogP contribution >= 0.6 is 27.7 Å². The van der Waals surface area contributed by atoms with Gasteiger partial charge in [0.1, 0.15) is 19.8 Å². The highest BCUT2D eigenvalue weighted by molar-refractivity contribution is 9.10. The first-order chi connectivity index (χ1) is 16.5. The number of aliphatic hydroxyl groups excluding tert-OH is 1. The molecule has 0 bridgehead atoms. The number of nitrogen functional groups attached to an aromatic ring is 1. The molecule has 5 rings (SSSR count). The molecule has 3 N–H and O–H groups in total. The van der Waals surface area contributed by atoms with E-state index in [1.54, 1.807) is 11.2 Å². The summed E-state index contributed by atoms with van der Waals surface area (Å²) in [6.07, 6.45) is 4.49. The molecule has 0 saturated carbocycles. The van der Waals surface area contributed by atoms with Crippen molar-refractivity contribution in [3.8, 4) is 23.0 Å². The average Bonchev–Trinajstić information content (AvgIpc) is 3.29. The van der Waals surface area contributed by atoms with Crippen LogP contribution in [0.15, 0.2) is 33.0 Å². The van der Waals surface area contributed by atoms with Crippen LogP contribution in [0.25, 0.3) is 11.5 Å². The van der Waals surface area contributed by atoms with Gasteiger partial charge in [0, 0.05) is 29.0 Å². The minimum atomic E-state index is -0.422. The zero-order valence-electron chi connectivity index (χ0n) is 18.4. The van der Waals surface area contributed by atoms with Crippen molar-refractivity contribution in [2.45, 2.75) is 35.9 Å². The molecule has 12 heteroatoms. The van der Waals surface area contributed by atoms with Crippen LogP contribution in [0.2, 0.25) is 0 Å². The zero-order valence-corrected chi connectivity index (χ0v) is 20.8. The van der Waals surface area contributed by atoms with E-state index in [1.165, 1.54) is 11.8 Å². The molecule has 1 amide bonds. The van der Waals surface area contributed by atoms with Crippen molar-refractivity contribution in [2.24, 2.45) is 5.92 Å². The van der Waals surface area contributed by atoms with Gasteiger partial charge in [0.15, 0.2) is 34.0 Å². The summed E-state index contributed by atoms with van der Waals surface area (Å²) >= 11 is 5.02. The summed E-state index contributed by atoms with van der Waals surface area (Å²) in [5.41, 5.74) is 6.69. The quantitative estimate of drug-likeness (QED) is 0.477. The molecule has 1 aromatic rings. The van der Waals surface area contributed by atoms with Gasteiger partial charge in [-0.15, -0.1) is 0 Å². The molecule has 1 saturated heterocycles. The summed E-state index contributed by atoms with van der Waals surface area (Å²) < 4.78 is 14.2. The maximum atomic E-state index is 11.7. The summed E-state index contributed by atoms with van der Waals surface area (Å²) in [4.78, 5) is 28.0.